The lowest BCUT2D eigenvalue weighted by atomic mass is 9.99. The number of pyridine rings is 1. The number of amides is 1. The predicted octanol–water partition coefficient (Wildman–Crippen LogP) is 2.08. The van der Waals surface area contributed by atoms with Gasteiger partial charge in [0.1, 0.15) is 0 Å². The minimum absolute atomic E-state index is 0.114. The molecule has 8 nitrogen and oxygen atoms in total. The zero-order valence-corrected chi connectivity index (χ0v) is 17.9. The maximum absolute atomic E-state index is 12.6. The van der Waals surface area contributed by atoms with Crippen molar-refractivity contribution in [1.82, 2.24) is 25.0 Å². The van der Waals surface area contributed by atoms with E-state index in [4.69, 9.17) is 9.47 Å². The topological polar surface area (TPSA) is 81.5 Å². The van der Waals surface area contributed by atoms with Crippen LogP contribution in [-0.4, -0.2) is 59.4 Å². The molecule has 1 aliphatic rings. The summed E-state index contributed by atoms with van der Waals surface area (Å²) in [7, 11) is 5.16. The van der Waals surface area contributed by atoms with Gasteiger partial charge in [0, 0.05) is 44.8 Å². The monoisotopic (exact) mass is 409 g/mol. The van der Waals surface area contributed by atoms with Crippen LogP contribution in [0.1, 0.15) is 27.2 Å². The minimum atomic E-state index is -0.114. The summed E-state index contributed by atoms with van der Waals surface area (Å²) in [5.41, 5.74) is 4.74. The van der Waals surface area contributed by atoms with Crippen LogP contribution in [0.25, 0.3) is 11.0 Å². The van der Waals surface area contributed by atoms with E-state index in [-0.39, 0.29) is 5.91 Å². The van der Waals surface area contributed by atoms with Crippen LogP contribution >= 0.6 is 0 Å². The molecule has 2 aromatic heterocycles. The van der Waals surface area contributed by atoms with Gasteiger partial charge in [0.05, 0.1) is 25.5 Å². The number of nitrogens with zero attached hydrogens (tertiary/aromatic N) is 4. The van der Waals surface area contributed by atoms with Gasteiger partial charge in [-0.15, -0.1) is 0 Å². The molecule has 0 unspecified atom stereocenters. The number of fused-ring (bicyclic) bond motifs is 2. The predicted molar refractivity (Wildman–Crippen MR) is 114 cm³/mol. The van der Waals surface area contributed by atoms with Crippen molar-refractivity contribution in [2.24, 2.45) is 7.05 Å². The van der Waals surface area contributed by atoms with Crippen molar-refractivity contribution < 1.29 is 14.3 Å². The number of hydrogen-bond acceptors (Lipinski definition) is 6. The number of ether oxygens (including phenoxy) is 2. The number of carbonyl (C=O) groups is 1. The molecule has 3 heterocycles. The Bertz CT molecular complexity index is 1090. The smallest absolute Gasteiger partial charge is 0.252 e. The van der Waals surface area contributed by atoms with E-state index in [0.717, 1.165) is 54.3 Å². The summed E-state index contributed by atoms with van der Waals surface area (Å²) in [5.74, 6) is 1.41. The molecule has 0 bridgehead atoms. The van der Waals surface area contributed by atoms with Crippen molar-refractivity contribution in [3.63, 3.8) is 0 Å². The lowest BCUT2D eigenvalue weighted by Crippen LogP contribution is -2.37. The average Bonchev–Trinajstić information content (AvgIpc) is 3.05. The molecule has 1 aromatic carbocycles. The van der Waals surface area contributed by atoms with Crippen LogP contribution in [0.5, 0.6) is 11.5 Å². The van der Waals surface area contributed by atoms with Crippen molar-refractivity contribution in [3.8, 4) is 11.5 Å². The molecule has 4 rings (SSSR count). The second-order valence-electron chi connectivity index (χ2n) is 7.56. The zero-order valence-electron chi connectivity index (χ0n) is 17.9. The van der Waals surface area contributed by atoms with Crippen LogP contribution in [0.4, 0.5) is 0 Å². The molecule has 0 saturated heterocycles. The molecule has 0 atom stereocenters. The Hall–Kier alpha value is -3.13. The van der Waals surface area contributed by atoms with Gasteiger partial charge in [-0.05, 0) is 42.7 Å². The van der Waals surface area contributed by atoms with E-state index in [0.29, 0.717) is 12.1 Å². The first-order valence-corrected chi connectivity index (χ1v) is 10.0. The summed E-state index contributed by atoms with van der Waals surface area (Å²) < 4.78 is 12.6. The van der Waals surface area contributed by atoms with Crippen LogP contribution in [0, 0.1) is 6.92 Å². The highest BCUT2D eigenvalue weighted by atomic mass is 16.5. The van der Waals surface area contributed by atoms with E-state index in [1.165, 1.54) is 11.1 Å². The number of methoxy groups -OCH3 is 2. The fourth-order valence-corrected chi connectivity index (χ4v) is 3.99. The molecular formula is C22H27N5O3. The third kappa shape index (κ3) is 3.82. The number of carbonyl (C=O) groups excluding carboxylic acids is 1. The Morgan fingerprint density at radius 1 is 1.17 bits per heavy atom. The van der Waals surface area contributed by atoms with Crippen molar-refractivity contribution in [1.29, 1.82) is 0 Å². The largest absolute Gasteiger partial charge is 0.493 e. The van der Waals surface area contributed by atoms with Gasteiger partial charge in [-0.3, -0.25) is 14.4 Å². The molecule has 30 heavy (non-hydrogen) atoms. The summed E-state index contributed by atoms with van der Waals surface area (Å²) >= 11 is 0. The van der Waals surface area contributed by atoms with Gasteiger partial charge >= 0.3 is 0 Å². The molecule has 1 amide bonds. The van der Waals surface area contributed by atoms with E-state index in [1.807, 2.05) is 20.0 Å². The van der Waals surface area contributed by atoms with Gasteiger partial charge in [-0.1, -0.05) is 0 Å². The minimum Gasteiger partial charge on any atom is -0.493 e. The van der Waals surface area contributed by atoms with Gasteiger partial charge in [-0.25, -0.2) is 4.98 Å². The molecule has 0 aliphatic carbocycles. The first-order valence-electron chi connectivity index (χ1n) is 10.0. The molecule has 0 fully saturated rings. The number of benzene rings is 1. The molecule has 1 N–H and O–H groups in total. The molecule has 0 radical (unpaired) electrons. The van der Waals surface area contributed by atoms with Crippen LogP contribution in [0.15, 0.2) is 24.4 Å². The third-order valence-electron chi connectivity index (χ3n) is 5.64. The Morgan fingerprint density at radius 3 is 2.63 bits per heavy atom. The highest BCUT2D eigenvalue weighted by Gasteiger charge is 2.19. The summed E-state index contributed by atoms with van der Waals surface area (Å²) in [4.78, 5) is 19.3. The highest BCUT2D eigenvalue weighted by Crippen LogP contribution is 2.33. The number of nitrogens with one attached hydrogen (secondary N) is 1. The highest BCUT2D eigenvalue weighted by molar-refractivity contribution is 5.97. The summed E-state index contributed by atoms with van der Waals surface area (Å²) in [5, 5.41) is 8.27. The maximum atomic E-state index is 12.6. The van der Waals surface area contributed by atoms with E-state index < -0.39 is 0 Å². The van der Waals surface area contributed by atoms with Crippen LogP contribution in [0.2, 0.25) is 0 Å². The van der Waals surface area contributed by atoms with Gasteiger partial charge < -0.3 is 14.8 Å². The Kier molecular flexibility index (Phi) is 5.59. The SMILES string of the molecule is COc1cc2c(cc1OC)CN(CCNC(=O)c1cnc3c(c1)c(C)nn3C)CC2. The first kappa shape index (κ1) is 20.2. The molecular weight excluding hydrogens is 382 g/mol. The number of hydrogen-bond donors (Lipinski definition) is 1. The van der Waals surface area contributed by atoms with Crippen LogP contribution in [-0.2, 0) is 20.0 Å². The average molecular weight is 409 g/mol. The normalized spacial score (nSPS) is 13.9. The Balaban J connectivity index is 1.36. The van der Waals surface area contributed by atoms with Crippen molar-refractivity contribution in [2.75, 3.05) is 33.9 Å². The van der Waals surface area contributed by atoms with Gasteiger partial charge in [0.25, 0.3) is 5.91 Å². The van der Waals surface area contributed by atoms with Gasteiger partial charge in [0.15, 0.2) is 17.1 Å². The second-order valence-corrected chi connectivity index (χ2v) is 7.56. The second kappa shape index (κ2) is 8.31. The number of aryl methyl sites for hydroxylation is 2. The van der Waals surface area contributed by atoms with Crippen molar-refractivity contribution in [2.45, 2.75) is 19.9 Å². The Morgan fingerprint density at radius 2 is 1.90 bits per heavy atom. The van der Waals surface area contributed by atoms with E-state index in [1.54, 1.807) is 25.1 Å². The van der Waals surface area contributed by atoms with E-state index in [2.05, 4.69) is 32.4 Å². The fourth-order valence-electron chi connectivity index (χ4n) is 3.99. The quantitative estimate of drug-likeness (QED) is 0.671. The molecule has 3 aromatic rings. The summed E-state index contributed by atoms with van der Waals surface area (Å²) in [6.07, 6.45) is 2.56. The van der Waals surface area contributed by atoms with Crippen molar-refractivity contribution in [3.05, 3.63) is 46.8 Å². The van der Waals surface area contributed by atoms with E-state index in [9.17, 15) is 4.79 Å². The van der Waals surface area contributed by atoms with Crippen LogP contribution in [0.3, 0.4) is 0 Å². The lowest BCUT2D eigenvalue weighted by molar-refractivity contribution is 0.0947. The summed E-state index contributed by atoms with van der Waals surface area (Å²) in [6.45, 7) is 5.05. The van der Waals surface area contributed by atoms with Crippen LogP contribution < -0.4 is 14.8 Å². The van der Waals surface area contributed by atoms with Crippen molar-refractivity contribution >= 4 is 16.9 Å². The molecule has 8 heteroatoms. The van der Waals surface area contributed by atoms with Gasteiger partial charge in [0.2, 0.25) is 0 Å². The van der Waals surface area contributed by atoms with E-state index >= 15 is 0 Å². The standard InChI is InChI=1S/C22H27N5O3/c1-14-18-9-16(12-24-21(18)26(2)25-14)22(28)23-6-8-27-7-5-15-10-19(29-3)20(30-4)11-17(15)13-27/h9-12H,5-8,13H2,1-4H3,(H,23,28). The molecule has 0 spiro atoms. The molecule has 1 aliphatic heterocycles. The first-order chi connectivity index (χ1) is 14.5. The number of rotatable bonds is 6. The zero-order chi connectivity index (χ0) is 21.3. The molecule has 158 valence electrons. The third-order valence-corrected chi connectivity index (χ3v) is 5.64. The summed E-state index contributed by atoms with van der Waals surface area (Å²) in [6, 6.07) is 5.98. The molecule has 0 saturated carbocycles. The fraction of sp³-hybridized carbons (Fsp3) is 0.409. The Labute approximate surface area is 175 Å². The maximum Gasteiger partial charge on any atom is 0.252 e. The van der Waals surface area contributed by atoms with Gasteiger partial charge in [-0.2, -0.15) is 5.10 Å². The lowest BCUT2D eigenvalue weighted by Gasteiger charge is -2.29. The number of aromatic nitrogens is 3.